The number of primary amides is 1. The first-order valence-electron chi connectivity index (χ1n) is 6.04. The minimum Gasteiger partial charge on any atom is -0.480 e. The molecule has 0 unspecified atom stereocenters. The van der Waals surface area contributed by atoms with Crippen molar-refractivity contribution in [3.8, 4) is 0 Å². The molecule has 0 bridgehead atoms. The van der Waals surface area contributed by atoms with E-state index in [1.807, 2.05) is 0 Å². The van der Waals surface area contributed by atoms with Crippen LogP contribution < -0.4 is 11.1 Å². The number of hydrogen-bond donors (Lipinski definition) is 3. The molecule has 1 atom stereocenters. The Morgan fingerprint density at radius 3 is 2.48 bits per heavy atom. The third-order valence-electron chi connectivity index (χ3n) is 2.68. The maximum atomic E-state index is 13.4. The van der Waals surface area contributed by atoms with Gasteiger partial charge in [0, 0.05) is 12.5 Å². The van der Waals surface area contributed by atoms with Gasteiger partial charge in [-0.05, 0) is 18.1 Å². The van der Waals surface area contributed by atoms with E-state index in [2.05, 4.69) is 5.32 Å². The second-order valence-corrected chi connectivity index (χ2v) is 4.38. The minimum atomic E-state index is -1.33. The smallest absolute Gasteiger partial charge is 0.326 e. The number of nitrogens with two attached hydrogens (primary N) is 1. The Kier molecular flexibility index (Phi) is 5.77. The number of amides is 2. The molecule has 2 amide bonds. The Labute approximate surface area is 118 Å². The molecular weight excluding hydrogens is 286 g/mol. The predicted octanol–water partition coefficient (Wildman–Crippen LogP) is 0.342. The Morgan fingerprint density at radius 2 is 1.95 bits per heavy atom. The summed E-state index contributed by atoms with van der Waals surface area (Å²) < 4.78 is 26.1. The van der Waals surface area contributed by atoms with Crippen LogP contribution in [0.25, 0.3) is 0 Å². The number of rotatable bonds is 7. The van der Waals surface area contributed by atoms with Gasteiger partial charge in [-0.15, -0.1) is 0 Å². The summed E-state index contributed by atoms with van der Waals surface area (Å²) in [5, 5.41) is 11.1. The first-order valence-corrected chi connectivity index (χ1v) is 6.04. The number of halogens is 2. The summed E-state index contributed by atoms with van der Waals surface area (Å²) in [4.78, 5) is 33.2. The van der Waals surface area contributed by atoms with Gasteiger partial charge in [0.05, 0.1) is 6.42 Å². The number of benzene rings is 1. The van der Waals surface area contributed by atoms with Crippen molar-refractivity contribution in [1.82, 2.24) is 5.32 Å². The molecule has 1 aromatic rings. The van der Waals surface area contributed by atoms with Gasteiger partial charge in [0.15, 0.2) is 0 Å². The van der Waals surface area contributed by atoms with Crippen molar-refractivity contribution in [2.24, 2.45) is 5.73 Å². The Bertz CT molecular complexity index is 563. The predicted molar refractivity (Wildman–Crippen MR) is 68.1 cm³/mol. The lowest BCUT2D eigenvalue weighted by Gasteiger charge is -2.13. The van der Waals surface area contributed by atoms with Crippen LogP contribution in [0.1, 0.15) is 18.4 Å². The fraction of sp³-hybridized carbons (Fsp3) is 0.308. The van der Waals surface area contributed by atoms with Crippen molar-refractivity contribution >= 4 is 17.8 Å². The van der Waals surface area contributed by atoms with Crippen LogP contribution in [0.15, 0.2) is 18.2 Å². The van der Waals surface area contributed by atoms with Crippen LogP contribution in [0.4, 0.5) is 8.78 Å². The summed E-state index contributed by atoms with van der Waals surface area (Å²) in [5.41, 5.74) is 4.84. The highest BCUT2D eigenvalue weighted by Gasteiger charge is 2.21. The summed E-state index contributed by atoms with van der Waals surface area (Å²) in [6.07, 6.45) is -0.809. The molecule has 0 spiro atoms. The van der Waals surface area contributed by atoms with Crippen LogP contribution in [-0.4, -0.2) is 28.9 Å². The quantitative estimate of drug-likeness (QED) is 0.674. The molecule has 0 aromatic heterocycles. The largest absolute Gasteiger partial charge is 0.480 e. The fourth-order valence-corrected chi connectivity index (χ4v) is 1.63. The van der Waals surface area contributed by atoms with Crippen molar-refractivity contribution in [1.29, 1.82) is 0 Å². The normalized spacial score (nSPS) is 11.7. The SMILES string of the molecule is NC(=O)CC[C@H](NC(=O)Cc1ccc(F)cc1F)C(=O)O. The molecule has 114 valence electrons. The number of carbonyl (C=O) groups excluding carboxylic acids is 2. The molecule has 0 aliphatic heterocycles. The Balaban J connectivity index is 2.65. The standard InChI is InChI=1S/C13H14F2N2O4/c14-8-2-1-7(9(15)6-8)5-12(19)17-10(13(20)21)3-4-11(16)18/h1-2,6,10H,3-5H2,(H2,16,18)(H,17,19)(H,20,21)/t10-/m0/s1. The van der Waals surface area contributed by atoms with E-state index in [4.69, 9.17) is 10.8 Å². The monoisotopic (exact) mass is 300 g/mol. The summed E-state index contributed by atoms with van der Waals surface area (Å²) in [6, 6.07) is 1.43. The van der Waals surface area contributed by atoms with E-state index < -0.39 is 41.9 Å². The third kappa shape index (κ3) is 5.55. The fourth-order valence-electron chi connectivity index (χ4n) is 1.63. The third-order valence-corrected chi connectivity index (χ3v) is 2.68. The van der Waals surface area contributed by atoms with E-state index >= 15 is 0 Å². The van der Waals surface area contributed by atoms with E-state index in [0.29, 0.717) is 6.07 Å². The van der Waals surface area contributed by atoms with Gasteiger partial charge >= 0.3 is 5.97 Å². The molecule has 4 N–H and O–H groups in total. The zero-order valence-electron chi connectivity index (χ0n) is 10.9. The highest BCUT2D eigenvalue weighted by atomic mass is 19.1. The second-order valence-electron chi connectivity index (χ2n) is 4.38. The molecule has 21 heavy (non-hydrogen) atoms. The molecule has 1 rings (SSSR count). The highest BCUT2D eigenvalue weighted by molar-refractivity contribution is 5.85. The topological polar surface area (TPSA) is 109 Å². The average Bonchev–Trinajstić information content (AvgIpc) is 2.37. The number of carboxylic acids is 1. The number of carbonyl (C=O) groups is 3. The first kappa shape index (κ1) is 16.5. The molecule has 0 saturated carbocycles. The Hall–Kier alpha value is -2.51. The van der Waals surface area contributed by atoms with Gasteiger partial charge < -0.3 is 16.2 Å². The van der Waals surface area contributed by atoms with Gasteiger partial charge in [-0.1, -0.05) is 6.07 Å². The van der Waals surface area contributed by atoms with Crippen molar-refractivity contribution in [2.45, 2.75) is 25.3 Å². The van der Waals surface area contributed by atoms with Gasteiger partial charge in [-0.2, -0.15) is 0 Å². The molecule has 0 radical (unpaired) electrons. The lowest BCUT2D eigenvalue weighted by molar-refractivity contribution is -0.142. The number of nitrogens with one attached hydrogen (secondary N) is 1. The first-order chi connectivity index (χ1) is 9.79. The van der Waals surface area contributed by atoms with Crippen molar-refractivity contribution < 1.29 is 28.3 Å². The summed E-state index contributed by atoms with van der Waals surface area (Å²) in [5.74, 6) is -4.45. The van der Waals surface area contributed by atoms with Gasteiger partial charge in [0.25, 0.3) is 0 Å². The molecule has 0 aliphatic rings. The summed E-state index contributed by atoms with van der Waals surface area (Å²) >= 11 is 0. The maximum Gasteiger partial charge on any atom is 0.326 e. The number of carboxylic acid groups (broad SMARTS) is 1. The van der Waals surface area contributed by atoms with Crippen molar-refractivity contribution in [2.75, 3.05) is 0 Å². The van der Waals surface area contributed by atoms with Crippen LogP contribution in [0.3, 0.4) is 0 Å². The second kappa shape index (κ2) is 7.32. The lowest BCUT2D eigenvalue weighted by atomic mass is 10.1. The van der Waals surface area contributed by atoms with Crippen LogP contribution in [0, 0.1) is 11.6 Å². The van der Waals surface area contributed by atoms with Gasteiger partial charge in [0.1, 0.15) is 17.7 Å². The Morgan fingerprint density at radius 1 is 1.29 bits per heavy atom. The van der Waals surface area contributed by atoms with E-state index in [9.17, 15) is 23.2 Å². The molecule has 0 aliphatic carbocycles. The number of hydrogen-bond acceptors (Lipinski definition) is 3. The van der Waals surface area contributed by atoms with Gasteiger partial charge in [-0.25, -0.2) is 13.6 Å². The minimum absolute atomic E-state index is 0.0621. The maximum absolute atomic E-state index is 13.4. The van der Waals surface area contributed by atoms with E-state index in [-0.39, 0.29) is 18.4 Å². The molecule has 0 saturated heterocycles. The molecular formula is C13H14F2N2O4. The number of aliphatic carboxylic acids is 1. The van der Waals surface area contributed by atoms with Crippen LogP contribution in [-0.2, 0) is 20.8 Å². The lowest BCUT2D eigenvalue weighted by Crippen LogP contribution is -2.42. The molecule has 6 nitrogen and oxygen atoms in total. The van der Waals surface area contributed by atoms with Crippen LogP contribution in [0.2, 0.25) is 0 Å². The van der Waals surface area contributed by atoms with Crippen LogP contribution >= 0.6 is 0 Å². The summed E-state index contributed by atoms with van der Waals surface area (Å²) in [6.45, 7) is 0. The molecule has 8 heteroatoms. The average molecular weight is 300 g/mol. The van der Waals surface area contributed by atoms with Gasteiger partial charge in [-0.3, -0.25) is 9.59 Å². The zero-order chi connectivity index (χ0) is 16.0. The molecule has 0 heterocycles. The molecule has 0 fully saturated rings. The summed E-state index contributed by atoms with van der Waals surface area (Å²) in [7, 11) is 0. The van der Waals surface area contributed by atoms with Gasteiger partial charge in [0.2, 0.25) is 11.8 Å². The van der Waals surface area contributed by atoms with Crippen molar-refractivity contribution in [3.05, 3.63) is 35.4 Å². The van der Waals surface area contributed by atoms with Crippen molar-refractivity contribution in [3.63, 3.8) is 0 Å². The zero-order valence-corrected chi connectivity index (χ0v) is 10.9. The van der Waals surface area contributed by atoms with E-state index in [0.717, 1.165) is 12.1 Å². The van der Waals surface area contributed by atoms with E-state index in [1.165, 1.54) is 0 Å². The van der Waals surface area contributed by atoms with Crippen LogP contribution in [0.5, 0.6) is 0 Å². The molecule has 1 aromatic carbocycles. The highest BCUT2D eigenvalue weighted by Crippen LogP contribution is 2.10. The van der Waals surface area contributed by atoms with E-state index in [1.54, 1.807) is 0 Å².